The molecule has 0 aliphatic heterocycles. The highest BCUT2D eigenvalue weighted by Crippen LogP contribution is 2.11. The first-order valence-corrected chi connectivity index (χ1v) is 6.95. The zero-order valence-corrected chi connectivity index (χ0v) is 12.3. The Kier molecular flexibility index (Phi) is 5.85. The van der Waals surface area contributed by atoms with Gasteiger partial charge >= 0.3 is 0 Å². The van der Waals surface area contributed by atoms with Crippen molar-refractivity contribution < 1.29 is 13.9 Å². The number of amides is 1. The third kappa shape index (κ3) is 4.82. The average molecular weight is 303 g/mol. The molecule has 1 heterocycles. The van der Waals surface area contributed by atoms with Crippen molar-refractivity contribution in [3.05, 3.63) is 54.0 Å². The number of ether oxygens (including phenoxy) is 1. The van der Waals surface area contributed by atoms with Crippen molar-refractivity contribution in [3.8, 4) is 0 Å². The van der Waals surface area contributed by atoms with Gasteiger partial charge in [-0.05, 0) is 42.8 Å². The fraction of sp³-hybridized carbons (Fsp3) is 0.250. The summed E-state index contributed by atoms with van der Waals surface area (Å²) in [7, 11) is 1.67. The summed E-state index contributed by atoms with van der Waals surface area (Å²) in [5.41, 5.74) is 1.25. The molecule has 0 bridgehead atoms. The molecule has 0 saturated carbocycles. The van der Waals surface area contributed by atoms with E-state index in [1.807, 2.05) is 6.07 Å². The lowest BCUT2D eigenvalue weighted by Crippen LogP contribution is -2.13. The van der Waals surface area contributed by atoms with Gasteiger partial charge in [-0.25, -0.2) is 9.37 Å². The topological polar surface area (TPSA) is 63.2 Å². The fourth-order valence-electron chi connectivity index (χ4n) is 1.81. The molecule has 6 heteroatoms. The van der Waals surface area contributed by atoms with Gasteiger partial charge in [0.05, 0.1) is 11.9 Å². The Morgan fingerprint density at radius 3 is 2.64 bits per heavy atom. The van der Waals surface area contributed by atoms with E-state index < -0.39 is 0 Å². The molecule has 0 radical (unpaired) electrons. The van der Waals surface area contributed by atoms with E-state index in [0.29, 0.717) is 18.0 Å². The van der Waals surface area contributed by atoms with Crippen molar-refractivity contribution in [2.75, 3.05) is 30.9 Å². The lowest BCUT2D eigenvalue weighted by molar-refractivity contribution is 0.102. The van der Waals surface area contributed by atoms with Crippen molar-refractivity contribution in [2.24, 2.45) is 0 Å². The van der Waals surface area contributed by atoms with Gasteiger partial charge in [0.1, 0.15) is 11.6 Å². The van der Waals surface area contributed by atoms with Gasteiger partial charge in [-0.15, -0.1) is 0 Å². The van der Waals surface area contributed by atoms with Crippen LogP contribution < -0.4 is 10.6 Å². The highest BCUT2D eigenvalue weighted by Gasteiger charge is 2.06. The first kappa shape index (κ1) is 15.9. The van der Waals surface area contributed by atoms with E-state index in [4.69, 9.17) is 4.74 Å². The Labute approximate surface area is 128 Å². The second-order valence-corrected chi connectivity index (χ2v) is 4.67. The lowest BCUT2D eigenvalue weighted by atomic mass is 10.2. The van der Waals surface area contributed by atoms with Gasteiger partial charge in [0.15, 0.2) is 0 Å². The van der Waals surface area contributed by atoms with Gasteiger partial charge in [0.25, 0.3) is 5.91 Å². The molecule has 0 saturated heterocycles. The highest BCUT2D eigenvalue weighted by molar-refractivity contribution is 6.03. The zero-order chi connectivity index (χ0) is 15.8. The quantitative estimate of drug-likeness (QED) is 0.772. The summed E-state index contributed by atoms with van der Waals surface area (Å²) in [6, 6.07) is 8.89. The van der Waals surface area contributed by atoms with Crippen LogP contribution in [0.1, 0.15) is 16.8 Å². The van der Waals surface area contributed by atoms with Crippen molar-refractivity contribution in [1.29, 1.82) is 0 Å². The van der Waals surface area contributed by atoms with E-state index >= 15 is 0 Å². The van der Waals surface area contributed by atoms with Crippen LogP contribution in [0.3, 0.4) is 0 Å². The maximum absolute atomic E-state index is 12.8. The van der Waals surface area contributed by atoms with Gasteiger partial charge in [-0.2, -0.15) is 0 Å². The monoisotopic (exact) mass is 303 g/mol. The number of nitrogens with one attached hydrogen (secondary N) is 2. The normalized spacial score (nSPS) is 10.3. The molecule has 0 aliphatic carbocycles. The largest absolute Gasteiger partial charge is 0.385 e. The Morgan fingerprint density at radius 1 is 1.23 bits per heavy atom. The van der Waals surface area contributed by atoms with Crippen LogP contribution in [0.4, 0.5) is 15.9 Å². The Balaban J connectivity index is 1.88. The summed E-state index contributed by atoms with van der Waals surface area (Å²) in [5.74, 6) is -0.261. The number of benzene rings is 1. The Bertz CT molecular complexity index is 600. The van der Waals surface area contributed by atoms with Crippen LogP contribution in [0, 0.1) is 5.82 Å². The molecule has 2 aromatic rings. The van der Waals surface area contributed by atoms with Crippen LogP contribution in [0.2, 0.25) is 0 Å². The van der Waals surface area contributed by atoms with Crippen molar-refractivity contribution in [3.63, 3.8) is 0 Å². The van der Waals surface area contributed by atoms with E-state index in [1.165, 1.54) is 24.3 Å². The van der Waals surface area contributed by atoms with Crippen LogP contribution in [0.5, 0.6) is 0 Å². The van der Waals surface area contributed by atoms with Gasteiger partial charge in [-0.1, -0.05) is 0 Å². The first-order valence-electron chi connectivity index (χ1n) is 6.95. The number of hydrogen-bond acceptors (Lipinski definition) is 4. The lowest BCUT2D eigenvalue weighted by Gasteiger charge is -2.08. The number of hydrogen-bond donors (Lipinski definition) is 2. The number of nitrogens with zero attached hydrogens (tertiary/aromatic N) is 1. The third-order valence-corrected chi connectivity index (χ3v) is 2.97. The van der Waals surface area contributed by atoms with E-state index in [0.717, 1.165) is 18.7 Å². The summed E-state index contributed by atoms with van der Waals surface area (Å²) in [5, 5.41) is 5.86. The number of methoxy groups -OCH3 is 1. The summed E-state index contributed by atoms with van der Waals surface area (Å²) < 4.78 is 17.8. The van der Waals surface area contributed by atoms with E-state index in [9.17, 15) is 9.18 Å². The maximum Gasteiger partial charge on any atom is 0.256 e. The first-order chi connectivity index (χ1) is 10.7. The Morgan fingerprint density at radius 2 is 2.00 bits per heavy atom. The molecule has 0 spiro atoms. The number of pyridine rings is 1. The maximum atomic E-state index is 12.8. The molecular formula is C16H18FN3O2. The number of carbonyl (C=O) groups excluding carboxylic acids is 1. The molecule has 1 aromatic carbocycles. The van der Waals surface area contributed by atoms with Crippen molar-refractivity contribution >= 4 is 17.4 Å². The Hall–Kier alpha value is -2.47. The molecule has 0 aliphatic rings. The standard InChI is InChI=1S/C16H18FN3O2/c1-22-10-2-9-18-14-7-8-15(19-11-14)20-16(21)12-3-5-13(17)6-4-12/h3-8,11,18H,2,9-10H2,1H3,(H,19,20,21). The summed E-state index contributed by atoms with van der Waals surface area (Å²) in [4.78, 5) is 16.1. The number of halogens is 1. The third-order valence-electron chi connectivity index (χ3n) is 2.97. The van der Waals surface area contributed by atoms with E-state index in [-0.39, 0.29) is 11.7 Å². The van der Waals surface area contributed by atoms with Crippen LogP contribution in [-0.4, -0.2) is 31.2 Å². The minimum Gasteiger partial charge on any atom is -0.385 e. The average Bonchev–Trinajstić information content (AvgIpc) is 2.54. The smallest absolute Gasteiger partial charge is 0.256 e. The molecule has 0 atom stereocenters. The second-order valence-electron chi connectivity index (χ2n) is 4.67. The molecule has 116 valence electrons. The van der Waals surface area contributed by atoms with Crippen LogP contribution in [0.25, 0.3) is 0 Å². The molecule has 2 rings (SSSR count). The van der Waals surface area contributed by atoms with E-state index in [1.54, 1.807) is 19.4 Å². The van der Waals surface area contributed by atoms with Gasteiger partial charge in [0, 0.05) is 25.8 Å². The van der Waals surface area contributed by atoms with Crippen LogP contribution in [-0.2, 0) is 4.74 Å². The van der Waals surface area contributed by atoms with Gasteiger partial charge < -0.3 is 15.4 Å². The molecule has 0 unspecified atom stereocenters. The second kappa shape index (κ2) is 8.09. The molecule has 2 N–H and O–H groups in total. The number of aromatic nitrogens is 1. The molecule has 5 nitrogen and oxygen atoms in total. The summed E-state index contributed by atoms with van der Waals surface area (Å²) >= 11 is 0. The number of rotatable bonds is 7. The van der Waals surface area contributed by atoms with Crippen LogP contribution >= 0.6 is 0 Å². The predicted octanol–water partition coefficient (Wildman–Crippen LogP) is 2.92. The van der Waals surface area contributed by atoms with Crippen molar-refractivity contribution in [1.82, 2.24) is 4.98 Å². The molecular weight excluding hydrogens is 285 g/mol. The van der Waals surface area contributed by atoms with E-state index in [2.05, 4.69) is 15.6 Å². The van der Waals surface area contributed by atoms with Crippen molar-refractivity contribution in [2.45, 2.75) is 6.42 Å². The zero-order valence-electron chi connectivity index (χ0n) is 12.3. The highest BCUT2D eigenvalue weighted by atomic mass is 19.1. The minimum absolute atomic E-state index is 0.326. The fourth-order valence-corrected chi connectivity index (χ4v) is 1.81. The molecule has 22 heavy (non-hydrogen) atoms. The SMILES string of the molecule is COCCCNc1ccc(NC(=O)c2ccc(F)cc2)nc1. The molecule has 0 fully saturated rings. The van der Waals surface area contributed by atoms with Gasteiger partial charge in [-0.3, -0.25) is 4.79 Å². The number of carbonyl (C=O) groups is 1. The summed E-state index contributed by atoms with van der Waals surface area (Å²) in [6.45, 7) is 1.49. The molecule has 1 aromatic heterocycles. The molecule has 1 amide bonds. The van der Waals surface area contributed by atoms with Crippen LogP contribution in [0.15, 0.2) is 42.6 Å². The predicted molar refractivity (Wildman–Crippen MR) is 83.6 cm³/mol. The summed E-state index contributed by atoms with van der Waals surface area (Å²) in [6.07, 6.45) is 2.55. The van der Waals surface area contributed by atoms with Gasteiger partial charge in [0.2, 0.25) is 0 Å². The minimum atomic E-state index is -0.376. The number of anilines is 2.